The number of hydrogen-bond donors (Lipinski definition) is 2. The Morgan fingerprint density at radius 3 is 2.50 bits per heavy atom. The van der Waals surface area contributed by atoms with Gasteiger partial charge in [0.2, 0.25) is 5.95 Å². The minimum atomic E-state index is 0.121. The Kier molecular flexibility index (Phi) is 8.22. The fourth-order valence-electron chi connectivity index (χ4n) is 6.00. The van der Waals surface area contributed by atoms with Crippen LogP contribution in [0.25, 0.3) is 0 Å². The minimum absolute atomic E-state index is 0.121. The molecule has 2 N–H and O–H groups in total. The second-order valence-electron chi connectivity index (χ2n) is 10.6. The van der Waals surface area contributed by atoms with Crippen molar-refractivity contribution in [2.75, 3.05) is 54.5 Å². The van der Waals surface area contributed by atoms with Gasteiger partial charge in [-0.15, -0.1) is 0 Å². The van der Waals surface area contributed by atoms with Crippen LogP contribution in [0.15, 0.2) is 36.4 Å². The third-order valence-corrected chi connectivity index (χ3v) is 8.39. The van der Waals surface area contributed by atoms with E-state index in [0.717, 1.165) is 51.0 Å². The van der Waals surface area contributed by atoms with E-state index >= 15 is 0 Å². The molecular formula is C28H40N6OS. The molecule has 2 aliphatic heterocycles. The molecule has 3 heterocycles. The number of benzene rings is 1. The minimum Gasteiger partial charge on any atom is -0.378 e. The summed E-state index contributed by atoms with van der Waals surface area (Å²) in [4.78, 5) is 14.5. The van der Waals surface area contributed by atoms with E-state index in [0.29, 0.717) is 17.1 Å². The molecule has 2 saturated heterocycles. The lowest BCUT2D eigenvalue weighted by Crippen LogP contribution is -2.44. The van der Waals surface area contributed by atoms with Crippen LogP contribution in [-0.4, -0.2) is 60.5 Å². The molecule has 1 saturated carbocycles. The smallest absolute Gasteiger partial charge is 0.232 e. The molecule has 1 aliphatic carbocycles. The summed E-state index contributed by atoms with van der Waals surface area (Å²) in [5.41, 5.74) is 1.53. The first-order chi connectivity index (χ1) is 17.6. The quantitative estimate of drug-likeness (QED) is 0.535. The van der Waals surface area contributed by atoms with Crippen molar-refractivity contribution in [1.82, 2.24) is 15.3 Å². The summed E-state index contributed by atoms with van der Waals surface area (Å²) in [7, 11) is 0. The molecule has 0 radical (unpaired) electrons. The maximum Gasteiger partial charge on any atom is 0.232 e. The summed E-state index contributed by atoms with van der Waals surface area (Å²) in [6.07, 6.45) is 9.89. The number of hydrogen-bond acceptors (Lipinski definition) is 6. The van der Waals surface area contributed by atoms with Crippen LogP contribution in [0.5, 0.6) is 0 Å². The number of thiocarbonyl (C=S) groups is 1. The summed E-state index contributed by atoms with van der Waals surface area (Å²) in [5.74, 6) is 2.50. The van der Waals surface area contributed by atoms with Crippen molar-refractivity contribution in [3.63, 3.8) is 0 Å². The Morgan fingerprint density at radius 1 is 1.00 bits per heavy atom. The average Bonchev–Trinajstić information content (AvgIpc) is 2.93. The molecule has 5 rings (SSSR count). The van der Waals surface area contributed by atoms with Gasteiger partial charge in [-0.2, -0.15) is 9.97 Å². The Morgan fingerprint density at radius 2 is 1.75 bits per heavy atom. The van der Waals surface area contributed by atoms with Crippen molar-refractivity contribution >= 4 is 34.9 Å². The van der Waals surface area contributed by atoms with Gasteiger partial charge in [0.05, 0.1) is 13.2 Å². The first-order valence-corrected chi connectivity index (χ1v) is 14.1. The zero-order valence-electron chi connectivity index (χ0n) is 21.5. The number of morpholine rings is 1. The highest BCUT2D eigenvalue weighted by molar-refractivity contribution is 7.80. The van der Waals surface area contributed by atoms with Gasteiger partial charge in [0.1, 0.15) is 11.6 Å². The standard InChI is InChI=1S/C28H40N6OS/c1-22-10-6-9-15-34(22)25-20-24(33-16-18-35-19-17-33)30-26(31-25)32-27(36)29-21-28(13-7-3-8-14-28)23-11-4-2-5-12-23/h2,4-5,11-12,20,22H,3,6-10,13-19,21H2,1H3,(H2,29,30,31,32,36). The zero-order chi connectivity index (χ0) is 24.8. The molecule has 1 unspecified atom stereocenters. The average molecular weight is 509 g/mol. The van der Waals surface area contributed by atoms with E-state index in [1.807, 2.05) is 0 Å². The lowest BCUT2D eigenvalue weighted by molar-refractivity contribution is 0.122. The highest BCUT2D eigenvalue weighted by Gasteiger charge is 2.34. The number of nitrogens with one attached hydrogen (secondary N) is 2. The fraction of sp³-hybridized carbons (Fsp3) is 0.607. The molecule has 0 bridgehead atoms. The Bertz CT molecular complexity index is 1010. The summed E-state index contributed by atoms with van der Waals surface area (Å²) < 4.78 is 5.57. The number of piperidine rings is 1. The molecule has 0 spiro atoms. The summed E-state index contributed by atoms with van der Waals surface area (Å²) in [6.45, 7) is 7.28. The van der Waals surface area contributed by atoms with Crippen LogP contribution in [-0.2, 0) is 10.2 Å². The third kappa shape index (κ3) is 5.92. The fourth-order valence-corrected chi connectivity index (χ4v) is 6.16. The zero-order valence-corrected chi connectivity index (χ0v) is 22.4. The van der Waals surface area contributed by atoms with E-state index in [-0.39, 0.29) is 5.41 Å². The van der Waals surface area contributed by atoms with Gasteiger partial charge in [0.25, 0.3) is 0 Å². The highest BCUT2D eigenvalue weighted by Crippen LogP contribution is 2.39. The normalized spacial score (nSPS) is 22.2. The Labute approximate surface area is 221 Å². The first-order valence-electron chi connectivity index (χ1n) is 13.7. The molecule has 8 heteroatoms. The van der Waals surface area contributed by atoms with Crippen molar-refractivity contribution < 1.29 is 4.74 Å². The van der Waals surface area contributed by atoms with Crippen LogP contribution in [0.3, 0.4) is 0 Å². The third-order valence-electron chi connectivity index (χ3n) is 8.14. The molecule has 2 aromatic rings. The predicted molar refractivity (Wildman–Crippen MR) is 151 cm³/mol. The summed E-state index contributed by atoms with van der Waals surface area (Å²) in [6, 6.07) is 13.5. The molecule has 194 valence electrons. The second kappa shape index (κ2) is 11.7. The van der Waals surface area contributed by atoms with Gasteiger partial charge in [-0.3, -0.25) is 0 Å². The number of anilines is 3. The van der Waals surface area contributed by atoms with Crippen LogP contribution in [0.1, 0.15) is 63.9 Å². The van der Waals surface area contributed by atoms with Crippen LogP contribution in [0.4, 0.5) is 17.6 Å². The summed E-state index contributed by atoms with van der Waals surface area (Å²) >= 11 is 5.78. The Balaban J connectivity index is 1.33. The van der Waals surface area contributed by atoms with Crippen LogP contribution >= 0.6 is 12.2 Å². The largest absolute Gasteiger partial charge is 0.378 e. The van der Waals surface area contributed by atoms with E-state index in [1.165, 1.54) is 56.9 Å². The lowest BCUT2D eigenvalue weighted by atomic mass is 9.69. The van der Waals surface area contributed by atoms with Gasteiger partial charge in [0, 0.05) is 43.7 Å². The SMILES string of the molecule is CC1CCCCN1c1cc(N2CCOCC2)nc(NC(=S)NCC2(c3ccccc3)CCCCC2)n1. The molecule has 1 aromatic heterocycles. The topological polar surface area (TPSA) is 65.6 Å². The van der Waals surface area contributed by atoms with Crippen LogP contribution in [0, 0.1) is 0 Å². The highest BCUT2D eigenvalue weighted by atomic mass is 32.1. The maximum atomic E-state index is 5.78. The van der Waals surface area contributed by atoms with Gasteiger partial charge in [-0.25, -0.2) is 0 Å². The van der Waals surface area contributed by atoms with Crippen molar-refractivity contribution in [1.29, 1.82) is 0 Å². The molecular weight excluding hydrogens is 468 g/mol. The maximum absolute atomic E-state index is 5.78. The van der Waals surface area contributed by atoms with E-state index in [2.05, 4.69) is 63.8 Å². The van der Waals surface area contributed by atoms with Crippen LogP contribution in [0.2, 0.25) is 0 Å². The van der Waals surface area contributed by atoms with Gasteiger partial charge in [-0.05, 0) is 56.8 Å². The Hall–Kier alpha value is -2.45. The van der Waals surface area contributed by atoms with E-state index in [4.69, 9.17) is 26.9 Å². The van der Waals surface area contributed by atoms with Crippen molar-refractivity contribution in [2.45, 2.75) is 69.7 Å². The molecule has 3 fully saturated rings. The number of nitrogens with zero attached hydrogens (tertiary/aromatic N) is 4. The molecule has 1 aromatic carbocycles. The number of rotatable bonds is 6. The van der Waals surface area contributed by atoms with Crippen molar-refractivity contribution in [2.24, 2.45) is 0 Å². The molecule has 36 heavy (non-hydrogen) atoms. The number of aromatic nitrogens is 2. The molecule has 1 atom stereocenters. The van der Waals surface area contributed by atoms with Crippen molar-refractivity contribution in [3.05, 3.63) is 42.0 Å². The summed E-state index contributed by atoms with van der Waals surface area (Å²) in [5, 5.41) is 7.47. The van der Waals surface area contributed by atoms with Crippen molar-refractivity contribution in [3.8, 4) is 0 Å². The molecule has 7 nitrogen and oxygen atoms in total. The van der Waals surface area contributed by atoms with Gasteiger partial charge < -0.3 is 25.2 Å². The predicted octanol–water partition coefficient (Wildman–Crippen LogP) is 4.88. The van der Waals surface area contributed by atoms with E-state index < -0.39 is 0 Å². The first kappa shape index (κ1) is 25.2. The van der Waals surface area contributed by atoms with Gasteiger partial charge in [0.15, 0.2) is 5.11 Å². The molecule has 0 amide bonds. The van der Waals surface area contributed by atoms with Crippen LogP contribution < -0.4 is 20.4 Å². The van der Waals surface area contributed by atoms with E-state index in [1.54, 1.807) is 0 Å². The second-order valence-corrected chi connectivity index (χ2v) is 11.0. The lowest BCUT2D eigenvalue weighted by Gasteiger charge is -2.38. The van der Waals surface area contributed by atoms with Gasteiger partial charge in [-0.1, -0.05) is 49.6 Å². The number of ether oxygens (including phenoxy) is 1. The molecule has 3 aliphatic rings. The van der Waals surface area contributed by atoms with Gasteiger partial charge >= 0.3 is 0 Å². The monoisotopic (exact) mass is 508 g/mol. The van der Waals surface area contributed by atoms with E-state index in [9.17, 15) is 0 Å².